The van der Waals surface area contributed by atoms with Crippen LogP contribution in [0.25, 0.3) is 0 Å². The number of hydrogen-bond acceptors (Lipinski definition) is 3. The first kappa shape index (κ1) is 17.0. The van der Waals surface area contributed by atoms with Crippen molar-refractivity contribution in [3.63, 3.8) is 0 Å². The molecule has 22 heavy (non-hydrogen) atoms. The summed E-state index contributed by atoms with van der Waals surface area (Å²) in [7, 11) is 0. The molecule has 0 aromatic heterocycles. The second kappa shape index (κ2) is 8.32. The van der Waals surface area contributed by atoms with Crippen LogP contribution in [0.1, 0.15) is 5.56 Å². The number of rotatable bonds is 6. The molecule has 0 radical (unpaired) electrons. The zero-order valence-corrected chi connectivity index (χ0v) is 14.3. The lowest BCUT2D eigenvalue weighted by molar-refractivity contribution is -0.123. The SMILES string of the molecule is CSc1ccc(CNC(=O)COc2ccc(Cl)c(Cl)c2)cc1. The Morgan fingerprint density at radius 1 is 1.14 bits per heavy atom. The normalized spacial score (nSPS) is 10.3. The van der Waals surface area contributed by atoms with E-state index in [1.807, 2.05) is 30.5 Å². The Morgan fingerprint density at radius 3 is 2.50 bits per heavy atom. The second-order valence-corrected chi connectivity index (χ2v) is 6.18. The van der Waals surface area contributed by atoms with Crippen molar-refractivity contribution in [1.82, 2.24) is 5.32 Å². The van der Waals surface area contributed by atoms with Crippen LogP contribution >= 0.6 is 35.0 Å². The molecule has 2 aromatic rings. The van der Waals surface area contributed by atoms with Crippen LogP contribution in [0.15, 0.2) is 47.4 Å². The molecule has 2 aromatic carbocycles. The molecule has 0 heterocycles. The Kier molecular flexibility index (Phi) is 6.43. The van der Waals surface area contributed by atoms with Gasteiger partial charge in [-0.3, -0.25) is 4.79 Å². The molecule has 0 fully saturated rings. The summed E-state index contributed by atoms with van der Waals surface area (Å²) in [5.74, 6) is 0.314. The van der Waals surface area contributed by atoms with Gasteiger partial charge in [-0.25, -0.2) is 0 Å². The summed E-state index contributed by atoms with van der Waals surface area (Å²) in [5.41, 5.74) is 1.04. The maximum atomic E-state index is 11.8. The fraction of sp³-hybridized carbons (Fsp3) is 0.188. The van der Waals surface area contributed by atoms with Gasteiger partial charge in [-0.1, -0.05) is 35.3 Å². The van der Waals surface area contributed by atoms with Gasteiger partial charge in [-0.15, -0.1) is 11.8 Å². The molecule has 0 spiro atoms. The average Bonchev–Trinajstić information content (AvgIpc) is 2.54. The molecule has 1 N–H and O–H groups in total. The van der Waals surface area contributed by atoms with E-state index in [9.17, 15) is 4.79 Å². The lowest BCUT2D eigenvalue weighted by atomic mass is 10.2. The van der Waals surface area contributed by atoms with Gasteiger partial charge in [0.25, 0.3) is 5.91 Å². The zero-order valence-electron chi connectivity index (χ0n) is 11.9. The summed E-state index contributed by atoms with van der Waals surface area (Å²) in [5, 5.41) is 3.65. The summed E-state index contributed by atoms with van der Waals surface area (Å²) < 4.78 is 5.37. The van der Waals surface area contributed by atoms with Crippen LogP contribution in [0.5, 0.6) is 5.75 Å². The molecule has 0 saturated heterocycles. The van der Waals surface area contributed by atoms with Crippen LogP contribution in [0.3, 0.4) is 0 Å². The fourth-order valence-electron chi connectivity index (χ4n) is 1.71. The maximum absolute atomic E-state index is 11.8. The molecule has 116 valence electrons. The molecule has 2 rings (SSSR count). The summed E-state index contributed by atoms with van der Waals surface area (Å²) in [6.07, 6.45) is 2.02. The molecular weight excluding hydrogens is 341 g/mol. The molecule has 0 saturated carbocycles. The van der Waals surface area contributed by atoms with Crippen molar-refractivity contribution in [2.45, 2.75) is 11.4 Å². The molecule has 0 aliphatic heterocycles. The predicted octanol–water partition coefficient (Wildman–Crippen LogP) is 4.41. The monoisotopic (exact) mass is 355 g/mol. The van der Waals surface area contributed by atoms with Crippen LogP contribution in [0.2, 0.25) is 10.0 Å². The molecule has 3 nitrogen and oxygen atoms in total. The maximum Gasteiger partial charge on any atom is 0.258 e. The van der Waals surface area contributed by atoms with Crippen LogP contribution < -0.4 is 10.1 Å². The van der Waals surface area contributed by atoms with Gasteiger partial charge < -0.3 is 10.1 Å². The summed E-state index contributed by atoms with van der Waals surface area (Å²) in [6, 6.07) is 12.9. The van der Waals surface area contributed by atoms with Crippen LogP contribution in [0.4, 0.5) is 0 Å². The number of benzene rings is 2. The van der Waals surface area contributed by atoms with Crippen molar-refractivity contribution in [1.29, 1.82) is 0 Å². The Morgan fingerprint density at radius 2 is 1.86 bits per heavy atom. The highest BCUT2D eigenvalue weighted by molar-refractivity contribution is 7.98. The van der Waals surface area contributed by atoms with Gasteiger partial charge in [-0.2, -0.15) is 0 Å². The Bertz CT molecular complexity index is 647. The Labute approximate surface area is 144 Å². The van der Waals surface area contributed by atoms with Crippen molar-refractivity contribution in [3.05, 3.63) is 58.1 Å². The second-order valence-electron chi connectivity index (χ2n) is 4.49. The van der Waals surface area contributed by atoms with E-state index in [0.29, 0.717) is 22.3 Å². The number of carbonyl (C=O) groups excluding carboxylic acids is 1. The van der Waals surface area contributed by atoms with Gasteiger partial charge in [0.2, 0.25) is 0 Å². The molecule has 0 atom stereocenters. The smallest absolute Gasteiger partial charge is 0.258 e. The van der Waals surface area contributed by atoms with E-state index in [1.165, 1.54) is 4.90 Å². The summed E-state index contributed by atoms with van der Waals surface area (Å²) in [4.78, 5) is 13.0. The highest BCUT2D eigenvalue weighted by Crippen LogP contribution is 2.26. The molecule has 0 aliphatic carbocycles. The minimum atomic E-state index is -0.194. The van der Waals surface area contributed by atoms with Crippen molar-refractivity contribution in [3.8, 4) is 5.75 Å². The topological polar surface area (TPSA) is 38.3 Å². The van der Waals surface area contributed by atoms with Crippen molar-refractivity contribution in [2.24, 2.45) is 0 Å². The van der Waals surface area contributed by atoms with Gasteiger partial charge in [0, 0.05) is 17.5 Å². The minimum Gasteiger partial charge on any atom is -0.484 e. The highest BCUT2D eigenvalue weighted by atomic mass is 35.5. The first-order chi connectivity index (χ1) is 10.6. The van der Waals surface area contributed by atoms with Crippen LogP contribution in [-0.2, 0) is 11.3 Å². The zero-order chi connectivity index (χ0) is 15.9. The van der Waals surface area contributed by atoms with Crippen molar-refractivity contribution in [2.75, 3.05) is 12.9 Å². The van der Waals surface area contributed by atoms with Crippen molar-refractivity contribution < 1.29 is 9.53 Å². The minimum absolute atomic E-state index is 0.0686. The lowest BCUT2D eigenvalue weighted by Crippen LogP contribution is -2.28. The standard InChI is InChI=1S/C16H15Cl2NO2S/c1-22-13-5-2-11(3-6-13)9-19-16(20)10-21-12-4-7-14(17)15(18)8-12/h2-8H,9-10H2,1H3,(H,19,20). The average molecular weight is 356 g/mol. The first-order valence-electron chi connectivity index (χ1n) is 6.56. The van der Waals surface area contributed by atoms with E-state index in [4.69, 9.17) is 27.9 Å². The van der Waals surface area contributed by atoms with E-state index in [-0.39, 0.29) is 12.5 Å². The van der Waals surface area contributed by atoms with Gasteiger partial charge in [0.15, 0.2) is 6.61 Å². The van der Waals surface area contributed by atoms with Crippen molar-refractivity contribution >= 4 is 40.9 Å². The number of nitrogens with one attached hydrogen (secondary N) is 1. The lowest BCUT2D eigenvalue weighted by Gasteiger charge is -2.08. The number of halogens is 2. The first-order valence-corrected chi connectivity index (χ1v) is 8.54. The van der Waals surface area contributed by atoms with E-state index < -0.39 is 0 Å². The van der Waals surface area contributed by atoms with E-state index in [0.717, 1.165) is 5.56 Å². The third-order valence-corrected chi connectivity index (χ3v) is 4.39. The molecular formula is C16H15Cl2NO2S. The van der Waals surface area contributed by atoms with E-state index >= 15 is 0 Å². The molecule has 6 heteroatoms. The Balaban J connectivity index is 1.78. The number of ether oxygens (including phenoxy) is 1. The van der Waals surface area contributed by atoms with Gasteiger partial charge in [0.05, 0.1) is 10.0 Å². The summed E-state index contributed by atoms with van der Waals surface area (Å²) in [6.45, 7) is 0.402. The molecule has 0 unspecified atom stereocenters. The summed E-state index contributed by atoms with van der Waals surface area (Å²) >= 11 is 13.4. The molecule has 1 amide bonds. The van der Waals surface area contributed by atoms with Gasteiger partial charge in [0.1, 0.15) is 5.75 Å². The number of hydrogen-bond donors (Lipinski definition) is 1. The number of amides is 1. The molecule has 0 bridgehead atoms. The largest absolute Gasteiger partial charge is 0.484 e. The van der Waals surface area contributed by atoms with E-state index in [2.05, 4.69) is 5.32 Å². The third-order valence-electron chi connectivity index (χ3n) is 2.91. The number of carbonyl (C=O) groups is 1. The number of thioether (sulfide) groups is 1. The van der Waals surface area contributed by atoms with Crippen LogP contribution in [0, 0.1) is 0 Å². The van der Waals surface area contributed by atoms with E-state index in [1.54, 1.807) is 30.0 Å². The van der Waals surface area contributed by atoms with Gasteiger partial charge in [-0.05, 0) is 36.1 Å². The van der Waals surface area contributed by atoms with Crippen LogP contribution in [-0.4, -0.2) is 18.8 Å². The quantitative estimate of drug-likeness (QED) is 0.779. The Hall–Kier alpha value is -1.36. The predicted molar refractivity (Wildman–Crippen MR) is 92.0 cm³/mol. The van der Waals surface area contributed by atoms with Gasteiger partial charge >= 0.3 is 0 Å². The fourth-order valence-corrected chi connectivity index (χ4v) is 2.41. The molecule has 0 aliphatic rings. The highest BCUT2D eigenvalue weighted by Gasteiger charge is 2.05. The third kappa shape index (κ3) is 5.13.